The molecule has 0 fully saturated rings. The average Bonchev–Trinajstić information content (AvgIpc) is 2.42. The largest absolute Gasteiger partial charge is 0.370 e. The Bertz CT molecular complexity index is 334. The van der Waals surface area contributed by atoms with Crippen LogP contribution in [0.5, 0.6) is 0 Å². The van der Waals surface area contributed by atoms with E-state index in [0.29, 0.717) is 0 Å². The monoisotopic (exact) mass is 249 g/mol. The van der Waals surface area contributed by atoms with Crippen molar-refractivity contribution in [2.75, 3.05) is 25.0 Å². The molecule has 0 aromatic carbocycles. The van der Waals surface area contributed by atoms with Gasteiger partial charge in [0, 0.05) is 25.8 Å². The van der Waals surface area contributed by atoms with E-state index in [-0.39, 0.29) is 0 Å². The molecular weight excluding hydrogens is 222 g/mol. The fraction of sp³-hybridized carbons (Fsp3) is 0.667. The average molecular weight is 249 g/mol. The van der Waals surface area contributed by atoms with Crippen molar-refractivity contribution in [3.8, 4) is 0 Å². The Balaban J connectivity index is 2.86. The molecule has 0 amide bonds. The molecule has 1 heterocycles. The van der Waals surface area contributed by atoms with Crippen LogP contribution in [0, 0.1) is 5.92 Å². The molecule has 0 radical (unpaired) electrons. The highest BCUT2D eigenvalue weighted by Crippen LogP contribution is 2.21. The van der Waals surface area contributed by atoms with Gasteiger partial charge in [0.15, 0.2) is 0 Å². The van der Waals surface area contributed by atoms with Crippen LogP contribution in [0.3, 0.4) is 0 Å². The van der Waals surface area contributed by atoms with Crippen molar-refractivity contribution >= 4 is 5.69 Å². The molecular formula is C15H27N3. The van der Waals surface area contributed by atoms with Crippen LogP contribution in [-0.2, 0) is 6.54 Å². The first kappa shape index (κ1) is 15.0. The molecule has 1 aromatic heterocycles. The fourth-order valence-corrected chi connectivity index (χ4v) is 2.30. The summed E-state index contributed by atoms with van der Waals surface area (Å²) in [5.41, 5.74) is 2.61. The summed E-state index contributed by atoms with van der Waals surface area (Å²) in [4.78, 5) is 6.74. The first-order valence-electron chi connectivity index (χ1n) is 7.09. The zero-order chi connectivity index (χ0) is 13.4. The van der Waals surface area contributed by atoms with Gasteiger partial charge < -0.3 is 10.2 Å². The van der Waals surface area contributed by atoms with E-state index in [2.05, 4.69) is 42.0 Å². The number of pyridine rings is 1. The minimum Gasteiger partial charge on any atom is -0.370 e. The van der Waals surface area contributed by atoms with Gasteiger partial charge >= 0.3 is 0 Å². The molecule has 0 spiro atoms. The number of nitrogens with zero attached hydrogens (tertiary/aromatic N) is 2. The zero-order valence-electron chi connectivity index (χ0n) is 12.2. The Kier molecular flexibility index (Phi) is 6.73. The number of anilines is 1. The molecule has 0 saturated heterocycles. The maximum absolute atomic E-state index is 4.29. The van der Waals surface area contributed by atoms with Gasteiger partial charge in [-0.1, -0.05) is 26.7 Å². The maximum Gasteiger partial charge on any atom is 0.0598 e. The van der Waals surface area contributed by atoms with Gasteiger partial charge in [-0.2, -0.15) is 0 Å². The van der Waals surface area contributed by atoms with Gasteiger partial charge in [-0.25, -0.2) is 0 Å². The summed E-state index contributed by atoms with van der Waals surface area (Å²) in [6, 6.07) is 2.11. The summed E-state index contributed by atoms with van der Waals surface area (Å²) in [6.07, 6.45) is 6.36. The topological polar surface area (TPSA) is 28.2 Å². The van der Waals surface area contributed by atoms with Gasteiger partial charge in [0.1, 0.15) is 0 Å². The Labute approximate surface area is 112 Å². The predicted octanol–water partition coefficient (Wildman–Crippen LogP) is 3.06. The van der Waals surface area contributed by atoms with Gasteiger partial charge in [-0.15, -0.1) is 0 Å². The van der Waals surface area contributed by atoms with Crippen molar-refractivity contribution in [2.24, 2.45) is 5.92 Å². The molecule has 0 atom stereocenters. The maximum atomic E-state index is 4.29. The van der Waals surface area contributed by atoms with Crippen molar-refractivity contribution < 1.29 is 0 Å². The minimum absolute atomic E-state index is 0.771. The first-order chi connectivity index (χ1) is 8.76. The molecule has 3 nitrogen and oxygen atoms in total. The second kappa shape index (κ2) is 8.09. The Hall–Kier alpha value is -1.09. The molecule has 1 aromatic rings. The minimum atomic E-state index is 0.771. The van der Waals surface area contributed by atoms with Crippen LogP contribution in [0.15, 0.2) is 18.5 Å². The predicted molar refractivity (Wildman–Crippen MR) is 79.0 cm³/mol. The summed E-state index contributed by atoms with van der Waals surface area (Å²) < 4.78 is 0. The van der Waals surface area contributed by atoms with E-state index < -0.39 is 0 Å². The fourth-order valence-electron chi connectivity index (χ4n) is 2.30. The molecule has 1 N–H and O–H groups in total. The van der Waals surface area contributed by atoms with Crippen LogP contribution in [-0.4, -0.2) is 25.1 Å². The van der Waals surface area contributed by atoms with Crippen LogP contribution < -0.4 is 10.2 Å². The Morgan fingerprint density at radius 3 is 2.56 bits per heavy atom. The number of nitrogens with one attached hydrogen (secondary N) is 1. The van der Waals surface area contributed by atoms with Crippen molar-refractivity contribution in [1.82, 2.24) is 10.3 Å². The second-order valence-electron chi connectivity index (χ2n) is 4.76. The third kappa shape index (κ3) is 3.98. The van der Waals surface area contributed by atoms with Crippen molar-refractivity contribution in [3.05, 3.63) is 24.0 Å². The Morgan fingerprint density at radius 1 is 1.28 bits per heavy atom. The zero-order valence-corrected chi connectivity index (χ0v) is 12.2. The molecule has 0 aliphatic heterocycles. The van der Waals surface area contributed by atoms with Gasteiger partial charge in [-0.3, -0.25) is 4.98 Å². The molecule has 0 saturated carbocycles. The lowest BCUT2D eigenvalue weighted by Crippen LogP contribution is -2.30. The quantitative estimate of drug-likeness (QED) is 0.767. The molecule has 0 aliphatic carbocycles. The third-order valence-electron chi connectivity index (χ3n) is 3.61. The van der Waals surface area contributed by atoms with Gasteiger partial charge in [0.2, 0.25) is 0 Å². The van der Waals surface area contributed by atoms with E-state index in [9.17, 15) is 0 Å². The number of aromatic nitrogens is 1. The van der Waals surface area contributed by atoms with Crippen LogP contribution >= 0.6 is 0 Å². The van der Waals surface area contributed by atoms with Crippen molar-refractivity contribution in [1.29, 1.82) is 0 Å². The van der Waals surface area contributed by atoms with E-state index in [1.807, 2.05) is 19.4 Å². The normalized spacial score (nSPS) is 10.9. The smallest absolute Gasteiger partial charge is 0.0598 e. The third-order valence-corrected chi connectivity index (χ3v) is 3.61. The first-order valence-corrected chi connectivity index (χ1v) is 7.09. The Morgan fingerprint density at radius 2 is 2.00 bits per heavy atom. The van der Waals surface area contributed by atoms with Gasteiger partial charge in [-0.05, 0) is 31.5 Å². The van der Waals surface area contributed by atoms with Gasteiger partial charge in [0.05, 0.1) is 11.9 Å². The molecule has 0 bridgehead atoms. The highest BCUT2D eigenvalue weighted by atomic mass is 15.1. The standard InChI is InChI=1S/C15H27N3/c1-5-13(6-2)12-18(7-3)15-11-17-9-8-14(15)10-16-4/h8-9,11,13,16H,5-7,10,12H2,1-4H3. The lowest BCUT2D eigenvalue weighted by Gasteiger charge is -2.29. The second-order valence-corrected chi connectivity index (χ2v) is 4.76. The van der Waals surface area contributed by atoms with Gasteiger partial charge in [0.25, 0.3) is 0 Å². The van der Waals surface area contributed by atoms with Crippen LogP contribution in [0.2, 0.25) is 0 Å². The van der Waals surface area contributed by atoms with E-state index in [1.54, 1.807) is 0 Å². The lowest BCUT2D eigenvalue weighted by atomic mass is 10.0. The number of hydrogen-bond acceptors (Lipinski definition) is 3. The van der Waals surface area contributed by atoms with Crippen molar-refractivity contribution in [3.63, 3.8) is 0 Å². The SMILES string of the molecule is CCC(CC)CN(CC)c1cnccc1CNC. The molecule has 1 rings (SSSR count). The van der Waals surface area contributed by atoms with E-state index >= 15 is 0 Å². The van der Waals surface area contributed by atoms with Crippen molar-refractivity contribution in [2.45, 2.75) is 40.2 Å². The summed E-state index contributed by atoms with van der Waals surface area (Å²) in [5, 5.41) is 3.23. The number of rotatable bonds is 8. The van der Waals surface area contributed by atoms with Crippen LogP contribution in [0.1, 0.15) is 39.2 Å². The molecule has 102 valence electrons. The summed E-state index contributed by atoms with van der Waals surface area (Å²) >= 11 is 0. The lowest BCUT2D eigenvalue weighted by molar-refractivity contribution is 0.485. The van der Waals surface area contributed by atoms with Crippen LogP contribution in [0.4, 0.5) is 5.69 Å². The highest BCUT2D eigenvalue weighted by molar-refractivity contribution is 5.51. The van der Waals surface area contributed by atoms with E-state index in [4.69, 9.17) is 0 Å². The summed E-state index contributed by atoms with van der Waals surface area (Å²) in [7, 11) is 1.99. The van der Waals surface area contributed by atoms with E-state index in [1.165, 1.54) is 24.1 Å². The molecule has 18 heavy (non-hydrogen) atoms. The summed E-state index contributed by atoms with van der Waals surface area (Å²) in [5.74, 6) is 0.771. The van der Waals surface area contributed by atoms with Crippen LogP contribution in [0.25, 0.3) is 0 Å². The molecule has 0 unspecified atom stereocenters. The highest BCUT2D eigenvalue weighted by Gasteiger charge is 2.13. The molecule has 0 aliphatic rings. The molecule has 3 heteroatoms. The number of hydrogen-bond donors (Lipinski definition) is 1. The summed E-state index contributed by atoms with van der Waals surface area (Å²) in [6.45, 7) is 9.85. The van der Waals surface area contributed by atoms with E-state index in [0.717, 1.165) is 25.6 Å².